The Kier molecular flexibility index (Phi) is 5.40. The minimum Gasteiger partial charge on any atom is -0.452 e. The van der Waals surface area contributed by atoms with E-state index in [1.54, 1.807) is 0 Å². The van der Waals surface area contributed by atoms with Crippen molar-refractivity contribution in [3.8, 4) is 0 Å². The summed E-state index contributed by atoms with van der Waals surface area (Å²) in [7, 11) is 2.05. The molecular weight excluding hydrogens is 354 g/mol. The Morgan fingerprint density at radius 3 is 2.82 bits per heavy atom. The Morgan fingerprint density at radius 1 is 1.29 bits per heavy atom. The lowest BCUT2D eigenvalue weighted by molar-refractivity contribution is -0.153. The highest BCUT2D eigenvalue weighted by Gasteiger charge is 2.35. The Labute approximate surface area is 166 Å². The van der Waals surface area contributed by atoms with Crippen LogP contribution in [-0.4, -0.2) is 58.0 Å². The van der Waals surface area contributed by atoms with E-state index < -0.39 is 6.10 Å². The minimum atomic E-state index is -0.626. The van der Waals surface area contributed by atoms with Crippen molar-refractivity contribution in [1.82, 2.24) is 14.4 Å². The molecule has 1 amide bonds. The molecular formula is C22H29N3O3. The molecule has 2 aliphatic rings. The largest absolute Gasteiger partial charge is 0.452 e. The molecule has 2 aliphatic heterocycles. The van der Waals surface area contributed by atoms with Crippen LogP contribution < -0.4 is 0 Å². The molecule has 0 aliphatic carbocycles. The van der Waals surface area contributed by atoms with Crippen LogP contribution in [0.25, 0.3) is 10.9 Å². The summed E-state index contributed by atoms with van der Waals surface area (Å²) < 4.78 is 7.45. The number of amides is 1. The predicted octanol–water partition coefficient (Wildman–Crippen LogP) is 2.70. The average molecular weight is 383 g/mol. The third-order valence-corrected chi connectivity index (χ3v) is 6.21. The van der Waals surface area contributed by atoms with E-state index >= 15 is 0 Å². The molecule has 2 aromatic rings. The minimum absolute atomic E-state index is 0.0564. The number of hydrogen-bond donors (Lipinski definition) is 0. The number of fused-ring (bicyclic) bond motifs is 1. The number of benzene rings is 1. The van der Waals surface area contributed by atoms with Crippen LogP contribution in [0.4, 0.5) is 0 Å². The van der Waals surface area contributed by atoms with Gasteiger partial charge in [-0.2, -0.15) is 0 Å². The van der Waals surface area contributed by atoms with Gasteiger partial charge in [0.2, 0.25) is 0 Å². The molecule has 150 valence electrons. The van der Waals surface area contributed by atoms with E-state index in [9.17, 15) is 9.59 Å². The van der Waals surface area contributed by atoms with Gasteiger partial charge in [0, 0.05) is 43.7 Å². The molecule has 28 heavy (non-hydrogen) atoms. The number of aromatic nitrogens is 1. The first kappa shape index (κ1) is 19.0. The van der Waals surface area contributed by atoms with Gasteiger partial charge >= 0.3 is 5.97 Å². The van der Waals surface area contributed by atoms with E-state index in [0.717, 1.165) is 30.7 Å². The fourth-order valence-electron chi connectivity index (χ4n) is 4.60. The Hall–Kier alpha value is -2.34. The van der Waals surface area contributed by atoms with Crippen molar-refractivity contribution in [1.29, 1.82) is 0 Å². The van der Waals surface area contributed by atoms with E-state index in [1.807, 2.05) is 24.1 Å². The van der Waals surface area contributed by atoms with E-state index in [2.05, 4.69) is 34.6 Å². The predicted molar refractivity (Wildman–Crippen MR) is 108 cm³/mol. The van der Waals surface area contributed by atoms with Gasteiger partial charge in [0.1, 0.15) is 0 Å². The zero-order valence-electron chi connectivity index (χ0n) is 16.8. The van der Waals surface area contributed by atoms with Gasteiger partial charge in [0.25, 0.3) is 5.91 Å². The van der Waals surface area contributed by atoms with Gasteiger partial charge in [-0.05, 0) is 43.5 Å². The summed E-state index contributed by atoms with van der Waals surface area (Å²) in [4.78, 5) is 29.1. The molecule has 6 heteroatoms. The van der Waals surface area contributed by atoms with Crippen LogP contribution in [0.2, 0.25) is 0 Å². The summed E-state index contributed by atoms with van der Waals surface area (Å²) in [6.45, 7) is 5.48. The summed E-state index contributed by atoms with van der Waals surface area (Å²) in [5.41, 5.74) is 2.26. The van der Waals surface area contributed by atoms with Crippen LogP contribution in [0.5, 0.6) is 0 Å². The zero-order chi connectivity index (χ0) is 19.7. The fourth-order valence-corrected chi connectivity index (χ4v) is 4.60. The number of likely N-dealkylation sites (tertiary alicyclic amines) is 1. The molecule has 1 aromatic heterocycles. The van der Waals surface area contributed by atoms with Crippen molar-refractivity contribution >= 4 is 22.8 Å². The molecule has 3 heterocycles. The number of rotatable bonds is 6. The molecule has 0 spiro atoms. The first-order chi connectivity index (χ1) is 13.6. The van der Waals surface area contributed by atoms with Gasteiger partial charge in [0.05, 0.1) is 6.54 Å². The van der Waals surface area contributed by atoms with Crippen molar-refractivity contribution in [2.45, 2.75) is 51.3 Å². The van der Waals surface area contributed by atoms with Crippen molar-refractivity contribution in [3.05, 3.63) is 36.0 Å². The molecule has 2 atom stereocenters. The Balaban J connectivity index is 1.58. The van der Waals surface area contributed by atoms with Crippen LogP contribution in [0.3, 0.4) is 0 Å². The number of hydrogen-bond acceptors (Lipinski definition) is 4. The second kappa shape index (κ2) is 7.95. The van der Waals surface area contributed by atoms with Gasteiger partial charge in [0.15, 0.2) is 6.10 Å². The molecule has 0 radical (unpaired) electrons. The van der Waals surface area contributed by atoms with Crippen molar-refractivity contribution in [2.75, 3.05) is 19.6 Å². The molecule has 2 saturated heterocycles. The quantitative estimate of drug-likeness (QED) is 0.720. The Bertz CT molecular complexity index is 875. The molecule has 4 rings (SSSR count). The average Bonchev–Trinajstić information content (AvgIpc) is 3.41. The van der Waals surface area contributed by atoms with E-state index in [1.165, 1.54) is 11.8 Å². The maximum Gasteiger partial charge on any atom is 0.306 e. The van der Waals surface area contributed by atoms with Gasteiger partial charge < -0.3 is 14.2 Å². The summed E-state index contributed by atoms with van der Waals surface area (Å²) in [6.07, 6.45) is 2.48. The highest BCUT2D eigenvalue weighted by molar-refractivity contribution is 5.87. The van der Waals surface area contributed by atoms with Crippen LogP contribution >= 0.6 is 0 Å². The topological polar surface area (TPSA) is 54.8 Å². The lowest BCUT2D eigenvalue weighted by Gasteiger charge is -2.31. The highest BCUT2D eigenvalue weighted by Crippen LogP contribution is 2.24. The Morgan fingerprint density at radius 2 is 2.11 bits per heavy atom. The molecule has 6 nitrogen and oxygen atoms in total. The van der Waals surface area contributed by atoms with Gasteiger partial charge in [-0.1, -0.05) is 25.1 Å². The monoisotopic (exact) mass is 383 g/mol. The smallest absolute Gasteiger partial charge is 0.306 e. The van der Waals surface area contributed by atoms with Crippen LogP contribution in [0, 0.1) is 0 Å². The SMILES string of the molecule is CCN1CCCC1CN(Cc1cc2ccccc2n1C)C(=O)C1CCC(=O)O1. The summed E-state index contributed by atoms with van der Waals surface area (Å²) in [5.74, 6) is -0.321. The third kappa shape index (κ3) is 3.65. The molecule has 0 saturated carbocycles. The molecule has 1 aromatic carbocycles. The summed E-state index contributed by atoms with van der Waals surface area (Å²) >= 11 is 0. The van der Waals surface area contributed by atoms with Gasteiger partial charge in [-0.3, -0.25) is 14.5 Å². The first-order valence-corrected chi connectivity index (χ1v) is 10.3. The number of esters is 1. The zero-order valence-corrected chi connectivity index (χ0v) is 16.8. The number of nitrogens with zero attached hydrogens (tertiary/aromatic N) is 3. The maximum atomic E-state index is 13.2. The second-order valence-corrected chi connectivity index (χ2v) is 7.91. The number of carbonyl (C=O) groups is 2. The normalized spacial score (nSPS) is 22.7. The first-order valence-electron chi connectivity index (χ1n) is 10.3. The number of aryl methyl sites for hydroxylation is 1. The second-order valence-electron chi connectivity index (χ2n) is 7.91. The highest BCUT2D eigenvalue weighted by atomic mass is 16.6. The van der Waals surface area contributed by atoms with Gasteiger partial charge in [-0.25, -0.2) is 0 Å². The standard InChI is InChI=1S/C22H29N3O3/c1-3-24-12-6-8-17(24)14-25(22(27)20-10-11-21(26)28-20)15-18-13-16-7-4-5-9-19(16)23(18)2/h4-5,7,9,13,17,20H,3,6,8,10-12,14-15H2,1-2H3. The fraction of sp³-hybridized carbons (Fsp3) is 0.545. The van der Waals surface area contributed by atoms with E-state index in [0.29, 0.717) is 32.0 Å². The molecule has 0 bridgehead atoms. The molecule has 2 unspecified atom stereocenters. The van der Waals surface area contributed by atoms with Crippen LogP contribution in [0.1, 0.15) is 38.3 Å². The van der Waals surface area contributed by atoms with E-state index in [4.69, 9.17) is 4.74 Å². The maximum absolute atomic E-state index is 13.2. The van der Waals surface area contributed by atoms with Gasteiger partial charge in [-0.15, -0.1) is 0 Å². The lowest BCUT2D eigenvalue weighted by Crippen LogP contribution is -2.46. The molecule has 0 N–H and O–H groups in total. The number of para-hydroxylation sites is 1. The molecule has 2 fully saturated rings. The summed E-state index contributed by atoms with van der Waals surface area (Å²) in [5, 5.41) is 1.18. The van der Waals surface area contributed by atoms with E-state index in [-0.39, 0.29) is 11.9 Å². The van der Waals surface area contributed by atoms with Crippen molar-refractivity contribution < 1.29 is 14.3 Å². The number of cyclic esters (lactones) is 1. The van der Waals surface area contributed by atoms with Crippen molar-refractivity contribution in [3.63, 3.8) is 0 Å². The summed E-state index contributed by atoms with van der Waals surface area (Å²) in [6, 6.07) is 10.8. The van der Waals surface area contributed by atoms with Crippen LogP contribution in [-0.2, 0) is 27.9 Å². The lowest BCUT2D eigenvalue weighted by atomic mass is 10.1. The van der Waals surface area contributed by atoms with Crippen LogP contribution in [0.15, 0.2) is 30.3 Å². The number of likely N-dealkylation sites (N-methyl/N-ethyl adjacent to an activating group) is 1. The number of carbonyl (C=O) groups excluding carboxylic acids is 2. The third-order valence-electron chi connectivity index (χ3n) is 6.21. The van der Waals surface area contributed by atoms with Crippen molar-refractivity contribution in [2.24, 2.45) is 7.05 Å². The number of ether oxygens (including phenoxy) is 1.